The van der Waals surface area contributed by atoms with Gasteiger partial charge in [0, 0.05) is 23.2 Å². The second-order valence-electron chi connectivity index (χ2n) is 8.16. The first-order valence-corrected chi connectivity index (χ1v) is 8.44. The van der Waals surface area contributed by atoms with Crippen LogP contribution in [0.2, 0.25) is 0 Å². The third-order valence-electron chi connectivity index (χ3n) is 7.21. The van der Waals surface area contributed by atoms with Crippen molar-refractivity contribution in [2.75, 3.05) is 7.11 Å². The molecule has 0 amide bonds. The molecule has 23 heavy (non-hydrogen) atoms. The van der Waals surface area contributed by atoms with E-state index in [-0.39, 0.29) is 35.6 Å². The zero-order chi connectivity index (χ0) is 16.6. The molecule has 0 aromatic rings. The quantitative estimate of drug-likeness (QED) is 0.800. The minimum Gasteiger partial charge on any atom is -0.469 e. The van der Waals surface area contributed by atoms with Gasteiger partial charge in [0.25, 0.3) is 0 Å². The number of ether oxygens (including phenoxy) is 2. The van der Waals surface area contributed by atoms with Crippen molar-refractivity contribution in [1.29, 1.82) is 0 Å². The predicted molar refractivity (Wildman–Crippen MR) is 81.4 cm³/mol. The summed E-state index contributed by atoms with van der Waals surface area (Å²) in [4.78, 5) is 24.3. The van der Waals surface area contributed by atoms with Crippen LogP contribution in [-0.2, 0) is 19.1 Å². The maximum atomic E-state index is 12.7. The molecule has 2 heterocycles. The molecule has 1 N–H and O–H groups in total. The van der Waals surface area contributed by atoms with Gasteiger partial charge in [-0.1, -0.05) is 13.0 Å². The number of allylic oxidation sites excluding steroid dienone is 1. The fourth-order valence-electron chi connectivity index (χ4n) is 6.06. The van der Waals surface area contributed by atoms with E-state index in [1.54, 1.807) is 6.08 Å². The predicted octanol–water partition coefficient (Wildman–Crippen LogP) is 1.63. The van der Waals surface area contributed by atoms with Gasteiger partial charge >= 0.3 is 5.97 Å². The first kappa shape index (κ1) is 15.3. The number of carbonyl (C=O) groups excluding carboxylic acids is 2. The Morgan fingerprint density at radius 2 is 2.22 bits per heavy atom. The normalized spacial score (nSPS) is 52.8. The van der Waals surface area contributed by atoms with Crippen molar-refractivity contribution in [1.82, 2.24) is 0 Å². The van der Waals surface area contributed by atoms with Gasteiger partial charge in [-0.3, -0.25) is 9.59 Å². The van der Waals surface area contributed by atoms with Crippen molar-refractivity contribution in [3.8, 4) is 0 Å². The van der Waals surface area contributed by atoms with Crippen LogP contribution >= 0.6 is 0 Å². The van der Waals surface area contributed by atoms with Crippen LogP contribution in [0.15, 0.2) is 12.2 Å². The fourth-order valence-corrected chi connectivity index (χ4v) is 6.06. The smallest absolute Gasteiger partial charge is 0.305 e. The number of aliphatic hydroxyl groups excluding tert-OH is 1. The van der Waals surface area contributed by atoms with Crippen molar-refractivity contribution >= 4 is 11.8 Å². The van der Waals surface area contributed by atoms with Gasteiger partial charge in [-0.25, -0.2) is 0 Å². The maximum Gasteiger partial charge on any atom is 0.305 e. The van der Waals surface area contributed by atoms with E-state index < -0.39 is 17.1 Å². The van der Waals surface area contributed by atoms with Gasteiger partial charge in [-0.15, -0.1) is 0 Å². The molecule has 0 unspecified atom stereocenters. The molecular formula is C18H24O5. The highest BCUT2D eigenvalue weighted by Gasteiger charge is 2.76. The fraction of sp³-hybridized carbons (Fsp3) is 0.778. The molecule has 2 saturated heterocycles. The molecule has 4 fully saturated rings. The monoisotopic (exact) mass is 320 g/mol. The molecule has 0 aromatic carbocycles. The Morgan fingerprint density at radius 1 is 1.48 bits per heavy atom. The Balaban J connectivity index is 1.75. The lowest BCUT2D eigenvalue weighted by Gasteiger charge is -2.57. The van der Waals surface area contributed by atoms with Crippen LogP contribution in [0.3, 0.4) is 0 Å². The maximum absolute atomic E-state index is 12.7. The Morgan fingerprint density at radius 3 is 2.87 bits per heavy atom. The third kappa shape index (κ3) is 1.65. The van der Waals surface area contributed by atoms with Crippen LogP contribution in [-0.4, -0.2) is 41.8 Å². The molecule has 4 bridgehead atoms. The minimum atomic E-state index is -0.689. The Labute approximate surface area is 136 Å². The number of hydrogen-bond donors (Lipinski definition) is 1. The third-order valence-corrected chi connectivity index (χ3v) is 7.21. The van der Waals surface area contributed by atoms with Crippen molar-refractivity contribution in [2.45, 2.75) is 57.3 Å². The first-order chi connectivity index (χ1) is 10.8. The highest BCUT2D eigenvalue weighted by Crippen LogP contribution is 2.71. The summed E-state index contributed by atoms with van der Waals surface area (Å²) in [6.45, 7) is 3.93. The number of esters is 1. The first-order valence-electron chi connectivity index (χ1n) is 8.44. The molecule has 2 aliphatic heterocycles. The molecule has 1 spiro atoms. The van der Waals surface area contributed by atoms with Crippen molar-refractivity contribution in [2.24, 2.45) is 22.7 Å². The van der Waals surface area contributed by atoms with Crippen molar-refractivity contribution in [3.05, 3.63) is 12.2 Å². The molecule has 5 heteroatoms. The van der Waals surface area contributed by atoms with Crippen LogP contribution < -0.4 is 0 Å². The Hall–Kier alpha value is -1.20. The van der Waals surface area contributed by atoms with E-state index in [0.29, 0.717) is 12.3 Å². The lowest BCUT2D eigenvalue weighted by molar-refractivity contribution is -0.219. The summed E-state index contributed by atoms with van der Waals surface area (Å²) in [5.41, 5.74) is -1.57. The lowest BCUT2D eigenvalue weighted by Crippen LogP contribution is -2.62. The summed E-state index contributed by atoms with van der Waals surface area (Å²) in [5, 5.41) is 11.0. The molecule has 3 aliphatic carbocycles. The van der Waals surface area contributed by atoms with E-state index in [1.807, 2.05) is 19.9 Å². The average molecular weight is 320 g/mol. The van der Waals surface area contributed by atoms with E-state index >= 15 is 0 Å². The largest absolute Gasteiger partial charge is 0.469 e. The number of hydrogen-bond acceptors (Lipinski definition) is 5. The average Bonchev–Trinajstić information content (AvgIpc) is 2.87. The van der Waals surface area contributed by atoms with Gasteiger partial charge in [-0.05, 0) is 38.2 Å². The number of aliphatic hydroxyl groups is 1. The van der Waals surface area contributed by atoms with Crippen LogP contribution in [0.1, 0.15) is 39.5 Å². The van der Waals surface area contributed by atoms with E-state index in [0.717, 1.165) is 12.8 Å². The molecule has 5 rings (SSSR count). The highest BCUT2D eigenvalue weighted by molar-refractivity contribution is 5.96. The van der Waals surface area contributed by atoms with Crippen LogP contribution in [0, 0.1) is 22.7 Å². The highest BCUT2D eigenvalue weighted by atomic mass is 16.5. The Kier molecular flexibility index (Phi) is 2.97. The Bertz CT molecular complexity index is 613. The van der Waals surface area contributed by atoms with E-state index in [4.69, 9.17) is 9.47 Å². The number of methoxy groups -OCH3 is 1. The molecule has 5 aliphatic rings. The summed E-state index contributed by atoms with van der Waals surface area (Å²) >= 11 is 0. The van der Waals surface area contributed by atoms with Gasteiger partial charge < -0.3 is 14.6 Å². The van der Waals surface area contributed by atoms with Crippen LogP contribution in [0.25, 0.3) is 0 Å². The molecule has 0 radical (unpaired) electrons. The second-order valence-corrected chi connectivity index (χ2v) is 8.16. The standard InChI is InChI=1S/C18H24O5/c1-16(6-5-13(20)22-3)12(19)4-7-18-9-10-8-11(14(16)18)23-17(10,2)15(18)21/h4,7,10-11,14-15,21H,5-6,8-9H2,1-3H3/t10-,11+,14+,15+,16-,17-,18-/m1/s1. The van der Waals surface area contributed by atoms with Crippen LogP contribution in [0.5, 0.6) is 0 Å². The summed E-state index contributed by atoms with van der Waals surface area (Å²) in [6, 6.07) is 0. The zero-order valence-corrected chi connectivity index (χ0v) is 13.9. The SMILES string of the molecule is COC(=O)CC[C@]1(C)C(=O)C=C[C@]23C[C@H]4C[C@H](O[C@@]4(C)[C@@H]2O)[C@H]31. The summed E-state index contributed by atoms with van der Waals surface area (Å²) in [6.07, 6.45) is 5.37. The molecular weight excluding hydrogens is 296 g/mol. The van der Waals surface area contributed by atoms with Crippen molar-refractivity contribution in [3.63, 3.8) is 0 Å². The number of carbonyl (C=O) groups is 2. The van der Waals surface area contributed by atoms with Gasteiger partial charge in [0.1, 0.15) is 0 Å². The topological polar surface area (TPSA) is 72.8 Å². The van der Waals surface area contributed by atoms with E-state index in [1.165, 1.54) is 7.11 Å². The summed E-state index contributed by atoms with van der Waals surface area (Å²) < 4.78 is 11.0. The molecule has 0 aromatic heterocycles. The number of ketones is 1. The van der Waals surface area contributed by atoms with Gasteiger partial charge in [0.15, 0.2) is 5.78 Å². The minimum absolute atomic E-state index is 0.0151. The van der Waals surface area contributed by atoms with E-state index in [2.05, 4.69) is 0 Å². The molecule has 7 atom stereocenters. The lowest BCUT2D eigenvalue weighted by atomic mass is 9.50. The van der Waals surface area contributed by atoms with Gasteiger partial charge in [0.05, 0.1) is 24.9 Å². The number of rotatable bonds is 3. The van der Waals surface area contributed by atoms with Gasteiger partial charge in [0.2, 0.25) is 0 Å². The van der Waals surface area contributed by atoms with Gasteiger partial charge in [-0.2, -0.15) is 0 Å². The summed E-state index contributed by atoms with van der Waals surface area (Å²) in [5.74, 6) is 0.00914. The zero-order valence-electron chi connectivity index (χ0n) is 13.9. The molecule has 126 valence electrons. The molecule has 2 saturated carbocycles. The van der Waals surface area contributed by atoms with E-state index in [9.17, 15) is 14.7 Å². The van der Waals surface area contributed by atoms with Crippen LogP contribution in [0.4, 0.5) is 0 Å². The second kappa shape index (κ2) is 4.45. The van der Waals surface area contributed by atoms with Crippen molar-refractivity contribution < 1.29 is 24.2 Å². The molecule has 5 nitrogen and oxygen atoms in total. The summed E-state index contributed by atoms with van der Waals surface area (Å²) in [7, 11) is 1.36.